The fourth-order valence-corrected chi connectivity index (χ4v) is 2.86. The van der Waals surface area contributed by atoms with Gasteiger partial charge in [-0.05, 0) is 52.7 Å². The van der Waals surface area contributed by atoms with Crippen LogP contribution in [0.2, 0.25) is 0 Å². The first-order valence-electron chi connectivity index (χ1n) is 8.70. The molecule has 0 aliphatic rings. The van der Waals surface area contributed by atoms with Crippen molar-refractivity contribution in [3.05, 3.63) is 76.4 Å². The maximum Gasteiger partial charge on any atom is 0.289 e. The van der Waals surface area contributed by atoms with Crippen LogP contribution >= 0.6 is 15.9 Å². The molecule has 0 spiro atoms. The van der Waals surface area contributed by atoms with Crippen LogP contribution < -0.4 is 10.2 Å². The van der Waals surface area contributed by atoms with Gasteiger partial charge in [-0.15, -0.1) is 0 Å². The number of carbonyl (C=O) groups excluding carboxylic acids is 1. The maximum absolute atomic E-state index is 12.3. The second kappa shape index (κ2) is 9.66. The minimum atomic E-state index is -0.385. The molecule has 28 heavy (non-hydrogen) atoms. The van der Waals surface area contributed by atoms with E-state index in [-0.39, 0.29) is 5.91 Å². The monoisotopic (exact) mass is 438 g/mol. The zero-order chi connectivity index (χ0) is 19.8. The summed E-state index contributed by atoms with van der Waals surface area (Å²) in [5, 5.41) is 10.9. The van der Waals surface area contributed by atoms with Crippen LogP contribution in [0.15, 0.2) is 70.2 Å². The number of benzene rings is 2. The molecule has 3 aromatic rings. The lowest BCUT2D eigenvalue weighted by molar-refractivity contribution is 0.0950. The average Bonchev–Trinajstić information content (AvgIpc) is 3.19. The van der Waals surface area contributed by atoms with E-state index in [0.717, 1.165) is 21.4 Å². The number of para-hydroxylation sites is 1. The van der Waals surface area contributed by atoms with Crippen molar-refractivity contribution in [1.29, 1.82) is 0 Å². The number of amides is 1. The van der Waals surface area contributed by atoms with Gasteiger partial charge >= 0.3 is 0 Å². The number of nitrogens with one attached hydrogen (secondary N) is 2. The standard InChI is InChI=1S/C21H19BrN4O2/c1-2-28-20-11-7-6-10-17(20)18-13-19(25-24-18)21(27)26-23-14-16(22)12-15-8-4-3-5-9-15/h3-14H,2H2,1H3,(H,24,25)(H,26,27)/b16-12-,23-14+. The number of carbonyl (C=O) groups is 1. The quantitative estimate of drug-likeness (QED) is 0.416. The summed E-state index contributed by atoms with van der Waals surface area (Å²) in [4.78, 5) is 12.3. The average molecular weight is 439 g/mol. The second-order valence-corrected chi connectivity index (χ2v) is 6.65. The highest BCUT2D eigenvalue weighted by molar-refractivity contribution is 9.12. The van der Waals surface area contributed by atoms with Crippen LogP contribution in [0.25, 0.3) is 17.3 Å². The summed E-state index contributed by atoms with van der Waals surface area (Å²) in [6.45, 7) is 2.47. The van der Waals surface area contributed by atoms with E-state index >= 15 is 0 Å². The van der Waals surface area contributed by atoms with Crippen LogP contribution in [-0.2, 0) is 0 Å². The molecule has 142 valence electrons. The lowest BCUT2D eigenvalue weighted by atomic mass is 10.1. The summed E-state index contributed by atoms with van der Waals surface area (Å²) in [5.41, 5.74) is 5.26. The van der Waals surface area contributed by atoms with E-state index in [1.807, 2.05) is 67.6 Å². The Morgan fingerprint density at radius 1 is 1.21 bits per heavy atom. The van der Waals surface area contributed by atoms with Gasteiger partial charge in [-0.25, -0.2) is 5.43 Å². The van der Waals surface area contributed by atoms with Gasteiger partial charge in [0.25, 0.3) is 5.91 Å². The molecule has 2 N–H and O–H groups in total. The van der Waals surface area contributed by atoms with Crippen molar-refractivity contribution in [2.24, 2.45) is 5.10 Å². The van der Waals surface area contributed by atoms with Crippen molar-refractivity contribution in [3.8, 4) is 17.0 Å². The van der Waals surface area contributed by atoms with Crippen molar-refractivity contribution in [2.45, 2.75) is 6.92 Å². The van der Waals surface area contributed by atoms with Crippen LogP contribution in [0.5, 0.6) is 5.75 Å². The van der Waals surface area contributed by atoms with Gasteiger partial charge < -0.3 is 4.74 Å². The van der Waals surface area contributed by atoms with Crippen LogP contribution in [0.3, 0.4) is 0 Å². The number of aromatic amines is 1. The Bertz CT molecular complexity index is 996. The summed E-state index contributed by atoms with van der Waals surface area (Å²) < 4.78 is 6.34. The lowest BCUT2D eigenvalue weighted by Crippen LogP contribution is -2.17. The van der Waals surface area contributed by atoms with Crippen molar-refractivity contribution < 1.29 is 9.53 Å². The van der Waals surface area contributed by atoms with E-state index in [1.165, 1.54) is 6.21 Å². The zero-order valence-electron chi connectivity index (χ0n) is 15.2. The summed E-state index contributed by atoms with van der Waals surface area (Å²) >= 11 is 3.40. The predicted octanol–water partition coefficient (Wildman–Crippen LogP) is 4.63. The Labute approximate surface area is 171 Å². The highest BCUT2D eigenvalue weighted by atomic mass is 79.9. The SMILES string of the molecule is CCOc1ccccc1-c1cc(C(=O)N/N=C/C(Br)=C/c2ccccc2)[nH]n1. The number of ether oxygens (including phenoxy) is 1. The summed E-state index contributed by atoms with van der Waals surface area (Å²) in [6, 6.07) is 19.0. The van der Waals surface area contributed by atoms with Crippen molar-refractivity contribution >= 4 is 34.1 Å². The van der Waals surface area contributed by atoms with Gasteiger partial charge in [0, 0.05) is 10.0 Å². The number of aromatic nitrogens is 2. The van der Waals surface area contributed by atoms with Gasteiger partial charge in [-0.3, -0.25) is 9.89 Å². The van der Waals surface area contributed by atoms with Crippen LogP contribution in [0.4, 0.5) is 0 Å². The molecule has 0 atom stereocenters. The highest BCUT2D eigenvalue weighted by Crippen LogP contribution is 2.28. The minimum absolute atomic E-state index is 0.307. The number of hydrogen-bond acceptors (Lipinski definition) is 4. The van der Waals surface area contributed by atoms with Gasteiger partial charge in [0.1, 0.15) is 11.4 Å². The molecule has 0 aliphatic carbocycles. The first-order valence-corrected chi connectivity index (χ1v) is 9.50. The Hall–Kier alpha value is -3.19. The molecule has 6 nitrogen and oxygen atoms in total. The normalized spacial score (nSPS) is 11.6. The molecule has 0 radical (unpaired) electrons. The van der Waals surface area contributed by atoms with E-state index in [4.69, 9.17) is 4.74 Å². The van der Waals surface area contributed by atoms with E-state index in [9.17, 15) is 4.79 Å². The van der Waals surface area contributed by atoms with E-state index in [1.54, 1.807) is 6.07 Å². The molecule has 2 aromatic carbocycles. The molecule has 0 aliphatic heterocycles. The van der Waals surface area contributed by atoms with Crippen LogP contribution in [0.1, 0.15) is 23.0 Å². The number of nitrogens with zero attached hydrogens (tertiary/aromatic N) is 2. The molecule has 1 amide bonds. The minimum Gasteiger partial charge on any atom is -0.493 e. The largest absolute Gasteiger partial charge is 0.493 e. The van der Waals surface area contributed by atoms with Crippen molar-refractivity contribution in [2.75, 3.05) is 6.61 Å². The van der Waals surface area contributed by atoms with Crippen LogP contribution in [-0.4, -0.2) is 28.9 Å². The fraction of sp³-hybridized carbons (Fsp3) is 0.0952. The van der Waals surface area contributed by atoms with Gasteiger partial charge in [0.15, 0.2) is 0 Å². The molecular formula is C21H19BrN4O2. The van der Waals surface area contributed by atoms with Crippen molar-refractivity contribution in [3.63, 3.8) is 0 Å². The first kappa shape index (κ1) is 19.6. The molecule has 1 heterocycles. The molecular weight excluding hydrogens is 420 g/mol. The Morgan fingerprint density at radius 3 is 2.75 bits per heavy atom. The molecule has 0 saturated heterocycles. The van der Waals surface area contributed by atoms with Gasteiger partial charge in [-0.2, -0.15) is 10.2 Å². The zero-order valence-corrected chi connectivity index (χ0v) is 16.8. The molecule has 1 aromatic heterocycles. The lowest BCUT2D eigenvalue weighted by Gasteiger charge is -2.07. The van der Waals surface area contributed by atoms with Gasteiger partial charge in [-0.1, -0.05) is 42.5 Å². The maximum atomic E-state index is 12.3. The topological polar surface area (TPSA) is 79.4 Å². The highest BCUT2D eigenvalue weighted by Gasteiger charge is 2.13. The smallest absolute Gasteiger partial charge is 0.289 e. The molecule has 7 heteroatoms. The number of H-pyrrole nitrogens is 1. The molecule has 0 bridgehead atoms. The first-order chi connectivity index (χ1) is 13.7. The number of allylic oxidation sites excluding steroid dienone is 1. The Kier molecular flexibility index (Phi) is 6.75. The van der Waals surface area contributed by atoms with Crippen molar-refractivity contribution in [1.82, 2.24) is 15.6 Å². The number of rotatable bonds is 7. The predicted molar refractivity (Wildman–Crippen MR) is 114 cm³/mol. The molecule has 0 unspecified atom stereocenters. The summed E-state index contributed by atoms with van der Waals surface area (Å²) in [7, 11) is 0. The molecule has 0 fully saturated rings. The van der Waals surface area contributed by atoms with Crippen LogP contribution in [0, 0.1) is 0 Å². The Morgan fingerprint density at radius 2 is 1.96 bits per heavy atom. The Balaban J connectivity index is 1.66. The fourth-order valence-electron chi connectivity index (χ4n) is 2.49. The number of halogens is 1. The third-order valence-corrected chi connectivity index (χ3v) is 4.18. The molecule has 0 saturated carbocycles. The van der Waals surface area contributed by atoms with E-state index in [2.05, 4.69) is 36.7 Å². The van der Waals surface area contributed by atoms with E-state index < -0.39 is 0 Å². The second-order valence-electron chi connectivity index (χ2n) is 5.74. The van der Waals surface area contributed by atoms with Gasteiger partial charge in [0.2, 0.25) is 0 Å². The number of hydrazone groups is 1. The number of hydrogen-bond donors (Lipinski definition) is 2. The van der Waals surface area contributed by atoms with E-state index in [0.29, 0.717) is 18.0 Å². The third-order valence-electron chi connectivity index (χ3n) is 3.74. The summed E-state index contributed by atoms with van der Waals surface area (Å²) in [6.07, 6.45) is 3.42. The molecule has 3 rings (SSSR count). The summed E-state index contributed by atoms with van der Waals surface area (Å²) in [5.74, 6) is 0.334. The van der Waals surface area contributed by atoms with Gasteiger partial charge in [0.05, 0.1) is 18.5 Å². The third kappa shape index (κ3) is 5.17.